The molecule has 0 amide bonds. The number of rotatable bonds is 7. The van der Waals surface area contributed by atoms with E-state index in [1.807, 2.05) is 13.8 Å². The van der Waals surface area contributed by atoms with Crippen molar-refractivity contribution in [2.24, 2.45) is 4.99 Å². The SMILES string of the molecule is CCNC(=NCc1cc2c(cc1OCC)CC(C)O2)NCc1ncc(C(C)(C)C)o1.I. The Morgan fingerprint density at radius 1 is 1.26 bits per heavy atom. The van der Waals surface area contributed by atoms with Crippen molar-refractivity contribution in [3.63, 3.8) is 0 Å². The van der Waals surface area contributed by atoms with Crippen LogP contribution in [0.4, 0.5) is 0 Å². The molecule has 0 spiro atoms. The molecule has 1 aromatic carbocycles. The van der Waals surface area contributed by atoms with Crippen LogP contribution in [-0.2, 0) is 24.9 Å². The van der Waals surface area contributed by atoms with E-state index in [2.05, 4.69) is 55.4 Å². The molecule has 2 heterocycles. The van der Waals surface area contributed by atoms with Gasteiger partial charge in [0.2, 0.25) is 5.89 Å². The smallest absolute Gasteiger partial charge is 0.213 e. The zero-order valence-electron chi connectivity index (χ0n) is 19.4. The highest BCUT2D eigenvalue weighted by molar-refractivity contribution is 14.0. The number of aliphatic imine (C=N–C) groups is 1. The minimum Gasteiger partial charge on any atom is -0.494 e. The molecule has 2 N–H and O–H groups in total. The fraction of sp³-hybridized carbons (Fsp3) is 0.565. The maximum Gasteiger partial charge on any atom is 0.213 e. The summed E-state index contributed by atoms with van der Waals surface area (Å²) in [5.74, 6) is 4.01. The summed E-state index contributed by atoms with van der Waals surface area (Å²) in [6.07, 6.45) is 2.91. The highest BCUT2D eigenvalue weighted by atomic mass is 127. The number of aromatic nitrogens is 1. The Labute approximate surface area is 202 Å². The van der Waals surface area contributed by atoms with E-state index >= 15 is 0 Å². The van der Waals surface area contributed by atoms with Crippen LogP contribution in [0, 0.1) is 0 Å². The van der Waals surface area contributed by atoms with E-state index in [1.165, 1.54) is 5.56 Å². The second-order valence-corrected chi connectivity index (χ2v) is 8.55. The Hall–Kier alpha value is -1.97. The quantitative estimate of drug-likeness (QED) is 0.303. The number of hydrogen-bond acceptors (Lipinski definition) is 5. The topological polar surface area (TPSA) is 80.9 Å². The van der Waals surface area contributed by atoms with Crippen molar-refractivity contribution < 1.29 is 13.9 Å². The van der Waals surface area contributed by atoms with Crippen LogP contribution in [0.2, 0.25) is 0 Å². The Morgan fingerprint density at radius 2 is 2.03 bits per heavy atom. The van der Waals surface area contributed by atoms with E-state index in [1.54, 1.807) is 6.20 Å². The second kappa shape index (κ2) is 11.1. The zero-order chi connectivity index (χ0) is 21.7. The van der Waals surface area contributed by atoms with Crippen LogP contribution < -0.4 is 20.1 Å². The van der Waals surface area contributed by atoms with Crippen molar-refractivity contribution in [1.29, 1.82) is 0 Å². The van der Waals surface area contributed by atoms with Gasteiger partial charge in [-0.1, -0.05) is 20.8 Å². The lowest BCUT2D eigenvalue weighted by Crippen LogP contribution is -2.36. The summed E-state index contributed by atoms with van der Waals surface area (Å²) in [4.78, 5) is 9.10. The van der Waals surface area contributed by atoms with Crippen LogP contribution >= 0.6 is 24.0 Å². The summed E-state index contributed by atoms with van der Waals surface area (Å²) in [6, 6.07) is 4.15. The molecule has 0 saturated heterocycles. The number of oxazole rings is 1. The van der Waals surface area contributed by atoms with E-state index in [-0.39, 0.29) is 35.5 Å². The lowest BCUT2D eigenvalue weighted by atomic mass is 9.94. The van der Waals surface area contributed by atoms with E-state index in [9.17, 15) is 0 Å². The minimum absolute atomic E-state index is 0. The average molecular weight is 542 g/mol. The van der Waals surface area contributed by atoms with Gasteiger partial charge in [0.15, 0.2) is 5.96 Å². The molecule has 0 radical (unpaired) electrons. The third-order valence-corrected chi connectivity index (χ3v) is 4.83. The molecule has 8 heteroatoms. The molecule has 1 aliphatic rings. The van der Waals surface area contributed by atoms with Gasteiger partial charge in [-0.05, 0) is 32.9 Å². The standard InChI is InChI=1S/C23H34N4O3.HI/c1-7-24-22(27-14-21-25-13-20(30-21)23(4,5)6)26-12-17-11-19-16(9-15(3)29-19)10-18(17)28-8-2;/h10-11,13,15H,7-9,12,14H2,1-6H3,(H2,24,26,27);1H. The highest BCUT2D eigenvalue weighted by Gasteiger charge is 2.22. The molecule has 172 valence electrons. The van der Waals surface area contributed by atoms with Gasteiger partial charge in [0, 0.05) is 29.5 Å². The largest absolute Gasteiger partial charge is 0.494 e. The van der Waals surface area contributed by atoms with E-state index < -0.39 is 0 Å². The number of guanidine groups is 1. The monoisotopic (exact) mass is 542 g/mol. The lowest BCUT2D eigenvalue weighted by molar-refractivity contribution is 0.254. The van der Waals surface area contributed by atoms with E-state index in [0.717, 1.165) is 35.8 Å². The fourth-order valence-corrected chi connectivity index (χ4v) is 3.30. The first-order valence-electron chi connectivity index (χ1n) is 10.7. The molecule has 1 aliphatic heterocycles. The molecule has 0 saturated carbocycles. The fourth-order valence-electron chi connectivity index (χ4n) is 3.30. The predicted octanol–water partition coefficient (Wildman–Crippen LogP) is 4.57. The highest BCUT2D eigenvalue weighted by Crippen LogP contribution is 2.35. The van der Waals surface area contributed by atoms with Crippen LogP contribution in [0.25, 0.3) is 0 Å². The maximum absolute atomic E-state index is 5.91. The van der Waals surface area contributed by atoms with Crippen molar-refractivity contribution in [1.82, 2.24) is 15.6 Å². The Bertz CT molecular complexity index is 889. The first-order chi connectivity index (χ1) is 14.3. The molecule has 7 nitrogen and oxygen atoms in total. The molecule has 0 bridgehead atoms. The second-order valence-electron chi connectivity index (χ2n) is 8.55. The predicted molar refractivity (Wildman–Crippen MR) is 134 cm³/mol. The van der Waals surface area contributed by atoms with Gasteiger partial charge in [0.25, 0.3) is 0 Å². The van der Waals surface area contributed by atoms with E-state index in [4.69, 9.17) is 18.9 Å². The summed E-state index contributed by atoms with van der Waals surface area (Å²) >= 11 is 0. The van der Waals surface area contributed by atoms with Crippen LogP contribution in [0.3, 0.4) is 0 Å². The third-order valence-electron chi connectivity index (χ3n) is 4.83. The molecule has 31 heavy (non-hydrogen) atoms. The molecule has 0 aliphatic carbocycles. The van der Waals surface area contributed by atoms with E-state index in [0.29, 0.717) is 31.5 Å². The van der Waals surface area contributed by atoms with Gasteiger partial charge in [-0.3, -0.25) is 0 Å². The van der Waals surface area contributed by atoms with Crippen molar-refractivity contribution in [2.45, 2.75) is 72.6 Å². The van der Waals surface area contributed by atoms with Crippen LogP contribution in [0.15, 0.2) is 27.7 Å². The van der Waals surface area contributed by atoms with Crippen LogP contribution in [0.5, 0.6) is 11.5 Å². The number of fused-ring (bicyclic) bond motifs is 1. The van der Waals surface area contributed by atoms with Crippen LogP contribution in [-0.4, -0.2) is 30.2 Å². The van der Waals surface area contributed by atoms with Gasteiger partial charge in [-0.15, -0.1) is 24.0 Å². The zero-order valence-corrected chi connectivity index (χ0v) is 21.7. The van der Waals surface area contributed by atoms with Gasteiger partial charge in [-0.25, -0.2) is 9.98 Å². The Balaban J connectivity index is 0.00000341. The molecule has 1 aromatic heterocycles. The molecule has 1 atom stereocenters. The number of nitrogens with zero attached hydrogens (tertiary/aromatic N) is 2. The number of benzene rings is 1. The first-order valence-corrected chi connectivity index (χ1v) is 10.7. The molecule has 2 aromatic rings. The summed E-state index contributed by atoms with van der Waals surface area (Å²) in [6.45, 7) is 14.7. The Morgan fingerprint density at radius 3 is 2.68 bits per heavy atom. The summed E-state index contributed by atoms with van der Waals surface area (Å²) in [5.41, 5.74) is 2.14. The molecule has 1 unspecified atom stereocenters. The minimum atomic E-state index is -0.0628. The molecular formula is C23H35IN4O3. The Kier molecular flexibility index (Phi) is 9.02. The van der Waals surface area contributed by atoms with Gasteiger partial charge in [0.05, 0.1) is 25.9 Å². The first kappa shape index (κ1) is 25.3. The molecule has 0 fully saturated rings. The van der Waals surface area contributed by atoms with Crippen molar-refractivity contribution >= 4 is 29.9 Å². The summed E-state index contributed by atoms with van der Waals surface area (Å²) in [7, 11) is 0. The average Bonchev–Trinajstić information content (AvgIpc) is 3.29. The van der Waals surface area contributed by atoms with Gasteiger partial charge >= 0.3 is 0 Å². The van der Waals surface area contributed by atoms with Crippen molar-refractivity contribution in [3.8, 4) is 11.5 Å². The third kappa shape index (κ3) is 6.75. The summed E-state index contributed by atoms with van der Waals surface area (Å²) < 4.78 is 17.6. The van der Waals surface area contributed by atoms with Crippen LogP contribution in [0.1, 0.15) is 64.3 Å². The van der Waals surface area contributed by atoms with Gasteiger partial charge in [-0.2, -0.15) is 0 Å². The van der Waals surface area contributed by atoms with Crippen molar-refractivity contribution in [2.75, 3.05) is 13.2 Å². The number of ether oxygens (including phenoxy) is 2. The normalized spacial score (nSPS) is 15.7. The van der Waals surface area contributed by atoms with Gasteiger partial charge < -0.3 is 24.5 Å². The number of nitrogens with one attached hydrogen (secondary N) is 2. The molecule has 3 rings (SSSR count). The maximum atomic E-state index is 5.91. The molecular weight excluding hydrogens is 507 g/mol. The van der Waals surface area contributed by atoms with Gasteiger partial charge in [0.1, 0.15) is 23.4 Å². The number of hydrogen-bond donors (Lipinski definition) is 2. The van der Waals surface area contributed by atoms with Crippen molar-refractivity contribution in [3.05, 3.63) is 41.1 Å². The summed E-state index contributed by atoms with van der Waals surface area (Å²) in [5, 5.41) is 6.56. The lowest BCUT2D eigenvalue weighted by Gasteiger charge is -2.14. The number of halogens is 1.